The third-order valence-electron chi connectivity index (χ3n) is 3.34. The summed E-state index contributed by atoms with van der Waals surface area (Å²) in [7, 11) is 0. The zero-order valence-electron chi connectivity index (χ0n) is 11.6. The van der Waals surface area contributed by atoms with Crippen LogP contribution in [0.25, 0.3) is 0 Å². The Morgan fingerprint density at radius 2 is 2.11 bits per heavy atom. The number of esters is 1. The van der Waals surface area contributed by atoms with Crippen molar-refractivity contribution in [3.63, 3.8) is 0 Å². The molecule has 1 N–H and O–H groups in total. The number of hydrogen-bond acceptors (Lipinski definition) is 5. The van der Waals surface area contributed by atoms with E-state index >= 15 is 0 Å². The number of nitrogens with one attached hydrogen (secondary N) is 1. The van der Waals surface area contributed by atoms with Crippen molar-refractivity contribution in [3.8, 4) is 0 Å². The summed E-state index contributed by atoms with van der Waals surface area (Å²) < 4.78 is 5.10. The van der Waals surface area contributed by atoms with Gasteiger partial charge in [-0.2, -0.15) is 0 Å². The van der Waals surface area contributed by atoms with Crippen LogP contribution in [0.4, 0.5) is 5.69 Å². The molecule has 2 rings (SSSR count). The smallest absolute Gasteiger partial charge is 0.340 e. The van der Waals surface area contributed by atoms with Crippen molar-refractivity contribution in [1.29, 1.82) is 0 Å². The highest BCUT2D eigenvalue weighted by atomic mass is 16.5. The van der Waals surface area contributed by atoms with Crippen LogP contribution in [0.3, 0.4) is 0 Å². The standard InChI is InChI=1S/C14H21N3O2/c1-3-11-12(14(18)19-4-2)9-16-10-13(11)17-7-5-15-6-8-17/h9-10,15H,3-8H2,1-2H3. The lowest BCUT2D eigenvalue weighted by Crippen LogP contribution is -2.44. The van der Waals surface area contributed by atoms with E-state index in [-0.39, 0.29) is 5.97 Å². The van der Waals surface area contributed by atoms with Gasteiger partial charge >= 0.3 is 5.97 Å². The van der Waals surface area contributed by atoms with Crippen LogP contribution >= 0.6 is 0 Å². The number of piperazine rings is 1. The van der Waals surface area contributed by atoms with Crippen molar-refractivity contribution < 1.29 is 9.53 Å². The maximum absolute atomic E-state index is 12.0. The monoisotopic (exact) mass is 263 g/mol. The van der Waals surface area contributed by atoms with E-state index in [1.807, 2.05) is 13.1 Å². The Bertz CT molecular complexity index is 442. The Kier molecular flexibility index (Phi) is 4.74. The molecule has 1 aliphatic rings. The zero-order chi connectivity index (χ0) is 13.7. The van der Waals surface area contributed by atoms with Gasteiger partial charge in [0.25, 0.3) is 0 Å². The van der Waals surface area contributed by atoms with Gasteiger partial charge in [-0.15, -0.1) is 0 Å². The second-order valence-corrected chi connectivity index (χ2v) is 4.50. The fourth-order valence-corrected chi connectivity index (χ4v) is 2.41. The summed E-state index contributed by atoms with van der Waals surface area (Å²) >= 11 is 0. The molecule has 0 aliphatic carbocycles. The summed E-state index contributed by atoms with van der Waals surface area (Å²) in [6.45, 7) is 8.09. The van der Waals surface area contributed by atoms with Crippen molar-refractivity contribution in [2.45, 2.75) is 20.3 Å². The molecule has 1 saturated heterocycles. The van der Waals surface area contributed by atoms with Crippen molar-refractivity contribution in [2.75, 3.05) is 37.7 Å². The van der Waals surface area contributed by atoms with Gasteiger partial charge in [-0.05, 0) is 18.9 Å². The van der Waals surface area contributed by atoms with Crippen molar-refractivity contribution >= 4 is 11.7 Å². The molecule has 1 aromatic heterocycles. The zero-order valence-corrected chi connectivity index (χ0v) is 11.6. The number of rotatable bonds is 4. The molecule has 0 aromatic carbocycles. The first-order valence-electron chi connectivity index (χ1n) is 6.87. The summed E-state index contributed by atoms with van der Waals surface area (Å²) in [6, 6.07) is 0. The van der Waals surface area contributed by atoms with Gasteiger partial charge in [0, 0.05) is 32.4 Å². The Morgan fingerprint density at radius 1 is 1.37 bits per heavy atom. The van der Waals surface area contributed by atoms with Crippen LogP contribution in [0.15, 0.2) is 12.4 Å². The largest absolute Gasteiger partial charge is 0.462 e. The minimum atomic E-state index is -0.274. The van der Waals surface area contributed by atoms with Gasteiger partial charge in [0.15, 0.2) is 0 Å². The van der Waals surface area contributed by atoms with Crippen LogP contribution in [-0.2, 0) is 11.2 Å². The van der Waals surface area contributed by atoms with Gasteiger partial charge in [0.2, 0.25) is 0 Å². The highest BCUT2D eigenvalue weighted by Gasteiger charge is 2.20. The van der Waals surface area contributed by atoms with Crippen LogP contribution in [0, 0.1) is 0 Å². The maximum Gasteiger partial charge on any atom is 0.340 e. The number of aromatic nitrogens is 1. The van der Waals surface area contributed by atoms with Crippen molar-refractivity contribution in [1.82, 2.24) is 10.3 Å². The van der Waals surface area contributed by atoms with Crippen LogP contribution < -0.4 is 10.2 Å². The summed E-state index contributed by atoms with van der Waals surface area (Å²) in [6.07, 6.45) is 4.27. The molecule has 1 aliphatic heterocycles. The molecule has 0 bridgehead atoms. The molecule has 0 saturated carbocycles. The summed E-state index contributed by atoms with van der Waals surface area (Å²) in [5, 5.41) is 3.33. The summed E-state index contributed by atoms with van der Waals surface area (Å²) in [5.74, 6) is -0.274. The lowest BCUT2D eigenvalue weighted by molar-refractivity contribution is 0.0524. The molecular weight excluding hydrogens is 242 g/mol. The van der Waals surface area contributed by atoms with Crippen LogP contribution in [0.2, 0.25) is 0 Å². The third kappa shape index (κ3) is 3.04. The van der Waals surface area contributed by atoms with E-state index in [0.717, 1.165) is 43.9 Å². The molecule has 104 valence electrons. The predicted molar refractivity (Wildman–Crippen MR) is 74.7 cm³/mol. The SMILES string of the molecule is CCOC(=O)c1cncc(N2CCNCC2)c1CC. The topological polar surface area (TPSA) is 54.5 Å². The molecule has 2 heterocycles. The van der Waals surface area contributed by atoms with E-state index in [9.17, 15) is 4.79 Å². The van der Waals surface area contributed by atoms with E-state index in [4.69, 9.17) is 4.74 Å². The lowest BCUT2D eigenvalue weighted by Gasteiger charge is -2.31. The first-order chi connectivity index (χ1) is 9.27. The maximum atomic E-state index is 12.0. The van der Waals surface area contributed by atoms with E-state index in [1.165, 1.54) is 0 Å². The average molecular weight is 263 g/mol. The lowest BCUT2D eigenvalue weighted by atomic mass is 10.0. The molecule has 0 unspecified atom stereocenters. The van der Waals surface area contributed by atoms with Crippen LogP contribution in [0.5, 0.6) is 0 Å². The number of ether oxygens (including phenoxy) is 1. The van der Waals surface area contributed by atoms with Crippen molar-refractivity contribution in [2.24, 2.45) is 0 Å². The second kappa shape index (κ2) is 6.52. The summed E-state index contributed by atoms with van der Waals surface area (Å²) in [4.78, 5) is 18.5. The molecule has 1 aromatic rings. The molecule has 5 nitrogen and oxygen atoms in total. The fourth-order valence-electron chi connectivity index (χ4n) is 2.41. The predicted octanol–water partition coefficient (Wildman–Crippen LogP) is 1.23. The quantitative estimate of drug-likeness (QED) is 0.828. The number of nitrogens with zero attached hydrogens (tertiary/aromatic N) is 2. The Labute approximate surface area is 114 Å². The Hall–Kier alpha value is -1.62. The molecule has 0 amide bonds. The molecule has 1 fully saturated rings. The minimum Gasteiger partial charge on any atom is -0.462 e. The van der Waals surface area contributed by atoms with Crippen LogP contribution in [-0.4, -0.2) is 43.7 Å². The van der Waals surface area contributed by atoms with Gasteiger partial charge in [-0.25, -0.2) is 4.79 Å². The number of pyridine rings is 1. The number of hydrogen-bond donors (Lipinski definition) is 1. The molecule has 0 atom stereocenters. The molecule has 0 radical (unpaired) electrons. The third-order valence-corrected chi connectivity index (χ3v) is 3.34. The first-order valence-corrected chi connectivity index (χ1v) is 6.87. The summed E-state index contributed by atoms with van der Waals surface area (Å²) in [5.41, 5.74) is 2.70. The minimum absolute atomic E-state index is 0.274. The van der Waals surface area contributed by atoms with E-state index in [1.54, 1.807) is 6.20 Å². The number of carbonyl (C=O) groups is 1. The van der Waals surface area contributed by atoms with Gasteiger partial charge in [-0.1, -0.05) is 6.92 Å². The van der Waals surface area contributed by atoms with Crippen LogP contribution in [0.1, 0.15) is 29.8 Å². The Morgan fingerprint density at radius 3 is 2.74 bits per heavy atom. The van der Waals surface area contributed by atoms with Gasteiger partial charge in [-0.3, -0.25) is 4.98 Å². The Balaban J connectivity index is 2.32. The van der Waals surface area contributed by atoms with Gasteiger partial charge in [0.05, 0.1) is 24.1 Å². The molecule has 5 heteroatoms. The molecular formula is C14H21N3O2. The van der Waals surface area contributed by atoms with Crippen molar-refractivity contribution in [3.05, 3.63) is 23.5 Å². The number of anilines is 1. The molecule has 0 spiro atoms. The highest BCUT2D eigenvalue weighted by Crippen LogP contribution is 2.24. The first kappa shape index (κ1) is 13.8. The van der Waals surface area contributed by atoms with E-state index < -0.39 is 0 Å². The van der Waals surface area contributed by atoms with Gasteiger partial charge < -0.3 is 15.0 Å². The van der Waals surface area contributed by atoms with Gasteiger partial charge in [0.1, 0.15) is 0 Å². The second-order valence-electron chi connectivity index (χ2n) is 4.50. The van der Waals surface area contributed by atoms with E-state index in [2.05, 4.69) is 22.1 Å². The highest BCUT2D eigenvalue weighted by molar-refractivity contribution is 5.92. The normalized spacial score (nSPS) is 15.4. The fraction of sp³-hybridized carbons (Fsp3) is 0.571. The molecule has 19 heavy (non-hydrogen) atoms. The van der Waals surface area contributed by atoms with E-state index in [0.29, 0.717) is 12.2 Å². The average Bonchev–Trinajstić information content (AvgIpc) is 2.47. The number of carbonyl (C=O) groups excluding carboxylic acids is 1.